The molecule has 0 aromatic carbocycles. The summed E-state index contributed by atoms with van der Waals surface area (Å²) >= 11 is 0. The van der Waals surface area contributed by atoms with Gasteiger partial charge in [0.2, 0.25) is 0 Å². The molecule has 0 saturated heterocycles. The van der Waals surface area contributed by atoms with Gasteiger partial charge in [-0.05, 0) is 31.8 Å². The van der Waals surface area contributed by atoms with Crippen molar-refractivity contribution in [1.82, 2.24) is 0 Å². The van der Waals surface area contributed by atoms with E-state index in [1.54, 1.807) is 0 Å². The summed E-state index contributed by atoms with van der Waals surface area (Å²) in [5, 5.41) is 0. The highest BCUT2D eigenvalue weighted by Crippen LogP contribution is 2.38. The number of ether oxygens (including phenoxy) is 2. The Labute approximate surface area is 84.1 Å². The van der Waals surface area contributed by atoms with E-state index in [9.17, 15) is 4.79 Å². The van der Waals surface area contributed by atoms with Crippen LogP contribution in [0.5, 0.6) is 0 Å². The molecule has 0 bridgehead atoms. The molecule has 0 aromatic heterocycles. The van der Waals surface area contributed by atoms with Crippen molar-refractivity contribution in [3.05, 3.63) is 11.1 Å². The van der Waals surface area contributed by atoms with E-state index < -0.39 is 0 Å². The van der Waals surface area contributed by atoms with Crippen LogP contribution in [-0.2, 0) is 14.3 Å². The van der Waals surface area contributed by atoms with Gasteiger partial charge in [-0.15, -0.1) is 0 Å². The first-order chi connectivity index (χ1) is 6.77. The zero-order valence-electron chi connectivity index (χ0n) is 8.71. The number of hydrogen-bond donors (Lipinski definition) is 0. The van der Waals surface area contributed by atoms with Gasteiger partial charge in [-0.25, -0.2) is 4.79 Å². The van der Waals surface area contributed by atoms with Gasteiger partial charge in [0, 0.05) is 12.2 Å². The lowest BCUT2D eigenvalue weighted by Crippen LogP contribution is -2.25. The van der Waals surface area contributed by atoms with Gasteiger partial charge in [0.05, 0.1) is 6.10 Å². The molecule has 0 spiro atoms. The highest BCUT2D eigenvalue weighted by atomic mass is 16.6. The lowest BCUT2D eigenvalue weighted by atomic mass is 10.1. The molecule has 0 radical (unpaired) electrons. The summed E-state index contributed by atoms with van der Waals surface area (Å²) in [6.07, 6.45) is 2.76. The second-order valence-electron chi connectivity index (χ2n) is 3.72. The average Bonchev–Trinajstić information content (AvgIpc) is 2.66. The molecule has 1 heterocycles. The molecule has 1 aliphatic heterocycles. The third-order valence-corrected chi connectivity index (χ3v) is 2.98. The van der Waals surface area contributed by atoms with Crippen LogP contribution in [0.3, 0.4) is 0 Å². The summed E-state index contributed by atoms with van der Waals surface area (Å²) in [6, 6.07) is 0. The van der Waals surface area contributed by atoms with Crippen molar-refractivity contribution in [3.8, 4) is 0 Å². The molecule has 2 atom stereocenters. The van der Waals surface area contributed by atoms with E-state index in [2.05, 4.69) is 0 Å². The Morgan fingerprint density at radius 1 is 1.50 bits per heavy atom. The maximum Gasteiger partial charge on any atom is 0.334 e. The molecule has 1 fully saturated rings. The summed E-state index contributed by atoms with van der Waals surface area (Å²) in [4.78, 5) is 11.4. The standard InChI is InChI=1S/C11H16O3/c1-3-7-8-5-6-9(13-4-2)10(8)14-11(7)12/h9-10H,3-6H2,1-2H3/t9-,10+/m0/s1. The maximum atomic E-state index is 11.4. The van der Waals surface area contributed by atoms with Crippen molar-refractivity contribution in [2.24, 2.45) is 0 Å². The Balaban J connectivity index is 2.18. The summed E-state index contributed by atoms with van der Waals surface area (Å²) in [6.45, 7) is 4.66. The summed E-state index contributed by atoms with van der Waals surface area (Å²) < 4.78 is 10.9. The minimum absolute atomic E-state index is 0.0719. The van der Waals surface area contributed by atoms with Gasteiger partial charge < -0.3 is 9.47 Å². The fraction of sp³-hybridized carbons (Fsp3) is 0.727. The summed E-state index contributed by atoms with van der Waals surface area (Å²) in [7, 11) is 0. The molecular weight excluding hydrogens is 180 g/mol. The molecule has 2 aliphatic rings. The second kappa shape index (κ2) is 3.73. The number of esters is 1. The van der Waals surface area contributed by atoms with Crippen LogP contribution in [0.25, 0.3) is 0 Å². The molecule has 1 saturated carbocycles. The van der Waals surface area contributed by atoms with Gasteiger partial charge in [0.25, 0.3) is 0 Å². The number of carbonyl (C=O) groups excluding carboxylic acids is 1. The lowest BCUT2D eigenvalue weighted by molar-refractivity contribution is -0.144. The van der Waals surface area contributed by atoms with Crippen molar-refractivity contribution in [3.63, 3.8) is 0 Å². The summed E-state index contributed by atoms with van der Waals surface area (Å²) in [5.74, 6) is -0.128. The fourth-order valence-electron chi connectivity index (χ4n) is 2.36. The van der Waals surface area contributed by atoms with Crippen LogP contribution >= 0.6 is 0 Å². The molecule has 2 rings (SSSR count). The predicted molar refractivity (Wildman–Crippen MR) is 51.8 cm³/mol. The van der Waals surface area contributed by atoms with Crippen LogP contribution in [0.2, 0.25) is 0 Å². The fourth-order valence-corrected chi connectivity index (χ4v) is 2.36. The Hall–Kier alpha value is -0.830. The summed E-state index contributed by atoms with van der Waals surface area (Å²) in [5.41, 5.74) is 2.08. The highest BCUT2D eigenvalue weighted by Gasteiger charge is 2.42. The first-order valence-corrected chi connectivity index (χ1v) is 5.32. The van der Waals surface area contributed by atoms with Crippen LogP contribution < -0.4 is 0 Å². The Morgan fingerprint density at radius 2 is 2.29 bits per heavy atom. The number of hydrogen-bond acceptors (Lipinski definition) is 3. The Bertz CT molecular complexity index is 280. The van der Waals surface area contributed by atoms with Gasteiger partial charge in [-0.2, -0.15) is 0 Å². The zero-order valence-corrected chi connectivity index (χ0v) is 8.71. The maximum absolute atomic E-state index is 11.4. The minimum atomic E-state index is -0.128. The van der Waals surface area contributed by atoms with Gasteiger partial charge in [0.15, 0.2) is 6.10 Å². The molecule has 3 nitrogen and oxygen atoms in total. The smallest absolute Gasteiger partial charge is 0.334 e. The lowest BCUT2D eigenvalue weighted by Gasteiger charge is -2.16. The molecule has 0 aromatic rings. The van der Waals surface area contributed by atoms with E-state index in [1.165, 1.54) is 5.57 Å². The van der Waals surface area contributed by atoms with E-state index in [4.69, 9.17) is 9.47 Å². The van der Waals surface area contributed by atoms with E-state index in [0.717, 1.165) is 24.8 Å². The van der Waals surface area contributed by atoms with Crippen molar-refractivity contribution in [1.29, 1.82) is 0 Å². The van der Waals surface area contributed by atoms with Crippen LogP contribution in [-0.4, -0.2) is 24.8 Å². The molecule has 0 amide bonds. The topological polar surface area (TPSA) is 35.5 Å². The minimum Gasteiger partial charge on any atom is -0.452 e. The van der Waals surface area contributed by atoms with Crippen molar-refractivity contribution >= 4 is 5.97 Å². The van der Waals surface area contributed by atoms with Gasteiger partial charge in [-0.1, -0.05) is 6.92 Å². The van der Waals surface area contributed by atoms with E-state index in [1.807, 2.05) is 13.8 Å². The second-order valence-corrected chi connectivity index (χ2v) is 3.72. The SMILES string of the molecule is CCO[C@H]1CCC2=C(CC)C(=O)O[C@H]21. The first kappa shape index (κ1) is 9.71. The third kappa shape index (κ3) is 1.36. The van der Waals surface area contributed by atoms with Crippen LogP contribution in [0, 0.1) is 0 Å². The Morgan fingerprint density at radius 3 is 2.93 bits per heavy atom. The van der Waals surface area contributed by atoms with E-state index in [0.29, 0.717) is 6.61 Å². The number of fused-ring (bicyclic) bond motifs is 1. The number of carbonyl (C=O) groups is 1. The molecule has 1 aliphatic carbocycles. The quantitative estimate of drug-likeness (QED) is 0.646. The Kier molecular flexibility index (Phi) is 2.59. The molecule has 0 N–H and O–H groups in total. The molecule has 0 unspecified atom stereocenters. The molecule has 3 heteroatoms. The highest BCUT2D eigenvalue weighted by molar-refractivity contribution is 5.92. The third-order valence-electron chi connectivity index (χ3n) is 2.98. The first-order valence-electron chi connectivity index (χ1n) is 5.32. The monoisotopic (exact) mass is 196 g/mol. The van der Waals surface area contributed by atoms with Gasteiger partial charge in [-0.3, -0.25) is 0 Å². The molecular formula is C11H16O3. The zero-order chi connectivity index (χ0) is 10.1. The largest absolute Gasteiger partial charge is 0.452 e. The van der Waals surface area contributed by atoms with Crippen LogP contribution in [0.15, 0.2) is 11.1 Å². The van der Waals surface area contributed by atoms with Crippen molar-refractivity contribution in [2.45, 2.75) is 45.3 Å². The van der Waals surface area contributed by atoms with E-state index in [-0.39, 0.29) is 18.2 Å². The predicted octanol–water partition coefficient (Wildman–Crippen LogP) is 1.82. The van der Waals surface area contributed by atoms with Gasteiger partial charge in [0.1, 0.15) is 0 Å². The van der Waals surface area contributed by atoms with Crippen molar-refractivity contribution in [2.75, 3.05) is 6.61 Å². The molecule has 14 heavy (non-hydrogen) atoms. The van der Waals surface area contributed by atoms with E-state index >= 15 is 0 Å². The van der Waals surface area contributed by atoms with Crippen LogP contribution in [0.4, 0.5) is 0 Å². The normalized spacial score (nSPS) is 30.9. The molecule has 78 valence electrons. The number of rotatable bonds is 3. The van der Waals surface area contributed by atoms with Gasteiger partial charge >= 0.3 is 5.97 Å². The average molecular weight is 196 g/mol. The van der Waals surface area contributed by atoms with Crippen molar-refractivity contribution < 1.29 is 14.3 Å². The van der Waals surface area contributed by atoms with Crippen LogP contribution in [0.1, 0.15) is 33.1 Å².